The number of nitrogens with zero attached hydrogens (tertiary/aromatic N) is 3. The smallest absolute Gasteiger partial charge is 0.254 e. The number of hydrogen-bond donors (Lipinski definition) is 2. The van der Waals surface area contributed by atoms with Crippen molar-refractivity contribution >= 4 is 29.9 Å². The molecular formula is C25H26FN5O2. The van der Waals surface area contributed by atoms with Crippen LogP contribution < -0.4 is 5.32 Å². The number of carbonyl (C=O) groups excluding carboxylic acids is 2. The predicted octanol–water partition coefficient (Wildman–Crippen LogP) is 3.87. The summed E-state index contributed by atoms with van der Waals surface area (Å²) in [6.07, 6.45) is 2.76. The first kappa shape index (κ1) is 23.8. The third-order valence-electron chi connectivity index (χ3n) is 5.60. The van der Waals surface area contributed by atoms with Gasteiger partial charge in [0.25, 0.3) is 5.91 Å². The van der Waals surface area contributed by atoms with Gasteiger partial charge < -0.3 is 20.6 Å². The van der Waals surface area contributed by atoms with Crippen molar-refractivity contribution in [1.29, 1.82) is 10.7 Å². The minimum Gasteiger partial charge on any atom is -0.333 e. The third kappa shape index (κ3) is 4.82. The molecule has 0 saturated heterocycles. The lowest BCUT2D eigenvalue weighted by molar-refractivity contribution is -0.119. The van der Waals surface area contributed by atoms with E-state index in [4.69, 9.17) is 10.7 Å². The van der Waals surface area contributed by atoms with Crippen molar-refractivity contribution in [3.05, 3.63) is 65.0 Å². The van der Waals surface area contributed by atoms with Crippen LogP contribution in [0.5, 0.6) is 0 Å². The lowest BCUT2D eigenvalue weighted by atomic mass is 9.76. The molecule has 0 bridgehead atoms. The first-order valence-corrected chi connectivity index (χ1v) is 10.7. The van der Waals surface area contributed by atoms with Gasteiger partial charge in [0.05, 0.1) is 23.4 Å². The molecule has 2 amide bonds. The average Bonchev–Trinajstić information content (AvgIpc) is 2.80. The highest BCUT2D eigenvalue weighted by atomic mass is 19.1. The lowest BCUT2D eigenvalue weighted by Gasteiger charge is -2.44. The van der Waals surface area contributed by atoms with E-state index in [0.29, 0.717) is 17.7 Å². The lowest BCUT2D eigenvalue weighted by Crippen LogP contribution is -2.56. The Morgan fingerprint density at radius 3 is 2.70 bits per heavy atom. The van der Waals surface area contributed by atoms with Crippen molar-refractivity contribution in [2.75, 3.05) is 18.9 Å². The van der Waals surface area contributed by atoms with Crippen LogP contribution in [0.25, 0.3) is 0 Å². The third-order valence-corrected chi connectivity index (χ3v) is 5.60. The van der Waals surface area contributed by atoms with Gasteiger partial charge in [-0.2, -0.15) is 5.26 Å². The maximum Gasteiger partial charge on any atom is 0.254 e. The van der Waals surface area contributed by atoms with Gasteiger partial charge in [-0.3, -0.25) is 9.59 Å². The number of fused-ring (bicyclic) bond motifs is 1. The molecule has 1 aliphatic heterocycles. The van der Waals surface area contributed by atoms with E-state index < -0.39 is 29.6 Å². The van der Waals surface area contributed by atoms with Crippen LogP contribution in [0.4, 0.5) is 10.1 Å². The van der Waals surface area contributed by atoms with Gasteiger partial charge in [-0.1, -0.05) is 32.0 Å². The van der Waals surface area contributed by atoms with Gasteiger partial charge in [-0.05, 0) is 35.7 Å². The maximum absolute atomic E-state index is 13.8. The van der Waals surface area contributed by atoms with Crippen LogP contribution in [-0.4, -0.2) is 48.8 Å². The molecule has 0 aliphatic carbocycles. The van der Waals surface area contributed by atoms with Crippen LogP contribution in [0, 0.1) is 34.4 Å². The van der Waals surface area contributed by atoms with Crippen LogP contribution in [-0.2, 0) is 4.79 Å². The zero-order valence-corrected chi connectivity index (χ0v) is 18.7. The van der Waals surface area contributed by atoms with Gasteiger partial charge in [0.15, 0.2) is 0 Å². The summed E-state index contributed by atoms with van der Waals surface area (Å²) in [5.41, 5.74) is 1.09. The van der Waals surface area contributed by atoms with Gasteiger partial charge in [-0.25, -0.2) is 4.39 Å². The summed E-state index contributed by atoms with van der Waals surface area (Å²) in [6.45, 7) is 4.36. The number of anilines is 1. The van der Waals surface area contributed by atoms with E-state index in [-0.39, 0.29) is 23.1 Å². The zero-order valence-electron chi connectivity index (χ0n) is 18.7. The summed E-state index contributed by atoms with van der Waals surface area (Å²) in [7, 11) is 1.58. The van der Waals surface area contributed by atoms with E-state index in [1.807, 2.05) is 13.8 Å². The second-order valence-electron chi connectivity index (χ2n) is 8.35. The number of aliphatic imine (C=N–C) groups is 1. The van der Waals surface area contributed by atoms with Gasteiger partial charge in [-0.15, -0.1) is 0 Å². The number of benzene rings is 2. The summed E-state index contributed by atoms with van der Waals surface area (Å²) in [4.78, 5) is 32.8. The van der Waals surface area contributed by atoms with E-state index in [1.165, 1.54) is 18.3 Å². The van der Waals surface area contributed by atoms with Crippen LogP contribution in [0.1, 0.15) is 41.3 Å². The molecule has 3 rings (SSSR count). The first-order valence-electron chi connectivity index (χ1n) is 10.7. The largest absolute Gasteiger partial charge is 0.333 e. The molecule has 2 aromatic rings. The van der Waals surface area contributed by atoms with Crippen molar-refractivity contribution < 1.29 is 14.0 Å². The van der Waals surface area contributed by atoms with Crippen molar-refractivity contribution in [3.8, 4) is 6.07 Å². The van der Waals surface area contributed by atoms with Crippen molar-refractivity contribution in [1.82, 2.24) is 4.90 Å². The summed E-state index contributed by atoms with van der Waals surface area (Å²) in [6, 6.07) is 11.8. The molecule has 0 fully saturated rings. The Morgan fingerprint density at radius 2 is 2.06 bits per heavy atom. The van der Waals surface area contributed by atoms with Crippen molar-refractivity contribution in [2.24, 2.45) is 16.8 Å². The van der Waals surface area contributed by atoms with Crippen LogP contribution in [0.15, 0.2) is 47.5 Å². The number of nitriles is 1. The standard InChI is InChI=1S/C25H26FN5O2/c1-15(2)14-31-23(17(12-28)13-29-3)22(19-6-4-5-7-20(19)25(31)33)24(32)30-18-8-9-21(26)16(10-18)11-27/h4-10,12-13,15,17,22-23,28H,14H2,1-3H3,(H,30,32)/t17?,22-,23+/m1/s1. The second-order valence-corrected chi connectivity index (χ2v) is 8.35. The fraction of sp³-hybridized carbons (Fsp3) is 0.320. The zero-order chi connectivity index (χ0) is 24.1. The second kappa shape index (κ2) is 10.2. The molecule has 2 N–H and O–H groups in total. The Balaban J connectivity index is 2.13. The Kier molecular flexibility index (Phi) is 7.34. The first-order chi connectivity index (χ1) is 15.8. The van der Waals surface area contributed by atoms with Crippen LogP contribution in [0.3, 0.4) is 0 Å². The molecule has 7 nitrogen and oxygen atoms in total. The molecule has 0 spiro atoms. The minimum atomic E-state index is -0.808. The molecule has 33 heavy (non-hydrogen) atoms. The highest BCUT2D eigenvalue weighted by Gasteiger charge is 2.46. The van der Waals surface area contributed by atoms with Gasteiger partial charge in [0.1, 0.15) is 11.9 Å². The van der Waals surface area contributed by atoms with E-state index in [1.54, 1.807) is 48.5 Å². The SMILES string of the molecule is CN=CC(C=N)[C@H]1[C@H](C(=O)Nc2ccc(F)c(C#N)c2)c2ccccc2C(=O)N1CC(C)C. The molecule has 1 unspecified atom stereocenters. The molecule has 0 radical (unpaired) electrons. The van der Waals surface area contributed by atoms with Gasteiger partial charge >= 0.3 is 0 Å². The number of halogens is 1. The number of rotatable bonds is 7. The quantitative estimate of drug-likeness (QED) is 0.629. The number of amides is 2. The Hall–Kier alpha value is -3.86. The van der Waals surface area contributed by atoms with E-state index >= 15 is 0 Å². The Labute approximate surface area is 192 Å². The van der Waals surface area contributed by atoms with Crippen molar-refractivity contribution in [3.63, 3.8) is 0 Å². The van der Waals surface area contributed by atoms with Gasteiger partial charge in [0.2, 0.25) is 5.91 Å². The Bertz CT molecular complexity index is 1140. The van der Waals surface area contributed by atoms with E-state index in [0.717, 1.165) is 6.07 Å². The van der Waals surface area contributed by atoms with E-state index in [2.05, 4.69) is 10.3 Å². The minimum absolute atomic E-state index is 0.130. The molecule has 2 aromatic carbocycles. The summed E-state index contributed by atoms with van der Waals surface area (Å²) < 4.78 is 13.8. The summed E-state index contributed by atoms with van der Waals surface area (Å²) in [5, 5.41) is 19.9. The molecule has 0 saturated carbocycles. The number of hydrogen-bond acceptors (Lipinski definition) is 5. The molecule has 1 aliphatic rings. The fourth-order valence-corrected chi connectivity index (χ4v) is 4.25. The van der Waals surface area contributed by atoms with Gasteiger partial charge in [0, 0.05) is 37.3 Å². The number of carbonyl (C=O) groups is 2. The van der Waals surface area contributed by atoms with E-state index in [9.17, 15) is 14.0 Å². The molecule has 170 valence electrons. The monoisotopic (exact) mass is 447 g/mol. The molecule has 8 heteroatoms. The highest BCUT2D eigenvalue weighted by Crippen LogP contribution is 2.37. The maximum atomic E-state index is 13.8. The summed E-state index contributed by atoms with van der Waals surface area (Å²) in [5.74, 6) is -2.56. The highest BCUT2D eigenvalue weighted by molar-refractivity contribution is 6.05. The molecule has 0 aromatic heterocycles. The topological polar surface area (TPSA) is 109 Å². The normalized spacial score (nSPS) is 18.7. The van der Waals surface area contributed by atoms with Crippen LogP contribution in [0.2, 0.25) is 0 Å². The molecule has 1 heterocycles. The predicted molar refractivity (Wildman–Crippen MR) is 125 cm³/mol. The number of nitrogens with one attached hydrogen (secondary N) is 2. The molecule has 3 atom stereocenters. The average molecular weight is 448 g/mol. The molecular weight excluding hydrogens is 421 g/mol. The Morgan fingerprint density at radius 1 is 1.33 bits per heavy atom. The summed E-state index contributed by atoms with van der Waals surface area (Å²) >= 11 is 0. The van der Waals surface area contributed by atoms with Crippen LogP contribution >= 0.6 is 0 Å². The fourth-order valence-electron chi connectivity index (χ4n) is 4.25. The van der Waals surface area contributed by atoms with Crippen molar-refractivity contribution in [2.45, 2.75) is 25.8 Å².